The first-order valence-electron chi connectivity index (χ1n) is 6.07. The Morgan fingerprint density at radius 2 is 2.00 bits per heavy atom. The van der Waals surface area contributed by atoms with E-state index in [-0.39, 0.29) is 11.8 Å². The minimum absolute atomic E-state index is 0.0824. The van der Waals surface area contributed by atoms with Crippen molar-refractivity contribution in [2.45, 2.75) is 19.8 Å². The lowest BCUT2D eigenvalue weighted by molar-refractivity contribution is -0.127. The monoisotopic (exact) mass is 244 g/mol. The lowest BCUT2D eigenvalue weighted by Gasteiger charge is -2.10. The average Bonchev–Trinajstić information content (AvgIpc) is 2.87. The first-order valence-corrected chi connectivity index (χ1v) is 6.07. The Morgan fingerprint density at radius 1 is 1.28 bits per heavy atom. The first-order chi connectivity index (χ1) is 8.70. The largest absolute Gasteiger partial charge is 0.324 e. The Balaban J connectivity index is 1.99. The van der Waals surface area contributed by atoms with Crippen LogP contribution in [0.3, 0.4) is 0 Å². The predicted octanol–water partition coefficient (Wildman–Crippen LogP) is 1.90. The molecule has 1 aliphatic heterocycles. The molecule has 4 nitrogen and oxygen atoms in total. The standard InChI is InChI=1S/C14H16N2O2/c1-2-13(17)16-9-8-12(10-16)15-14(18)11-6-4-3-5-7-11/h3-7,10H,2,8-9H2,1H3,(H,15,18). The van der Waals surface area contributed by atoms with E-state index in [1.165, 1.54) is 0 Å². The highest BCUT2D eigenvalue weighted by Gasteiger charge is 2.18. The molecule has 0 radical (unpaired) electrons. The minimum Gasteiger partial charge on any atom is -0.324 e. The maximum atomic E-state index is 11.9. The van der Waals surface area contributed by atoms with Crippen LogP contribution in [-0.2, 0) is 4.79 Å². The van der Waals surface area contributed by atoms with Crippen LogP contribution in [0.15, 0.2) is 42.2 Å². The van der Waals surface area contributed by atoms with Gasteiger partial charge in [-0.25, -0.2) is 0 Å². The van der Waals surface area contributed by atoms with Gasteiger partial charge < -0.3 is 10.2 Å². The van der Waals surface area contributed by atoms with E-state index in [4.69, 9.17) is 0 Å². The molecule has 1 aliphatic rings. The number of amides is 2. The number of carbonyl (C=O) groups is 2. The van der Waals surface area contributed by atoms with E-state index in [0.717, 1.165) is 5.70 Å². The van der Waals surface area contributed by atoms with Gasteiger partial charge in [-0.2, -0.15) is 0 Å². The molecule has 94 valence electrons. The topological polar surface area (TPSA) is 49.4 Å². The summed E-state index contributed by atoms with van der Waals surface area (Å²) in [7, 11) is 0. The molecule has 0 saturated carbocycles. The summed E-state index contributed by atoms with van der Waals surface area (Å²) < 4.78 is 0. The van der Waals surface area contributed by atoms with E-state index in [0.29, 0.717) is 24.9 Å². The van der Waals surface area contributed by atoms with E-state index >= 15 is 0 Å². The Bertz CT molecular complexity index is 480. The molecule has 18 heavy (non-hydrogen) atoms. The Morgan fingerprint density at radius 3 is 2.67 bits per heavy atom. The fraction of sp³-hybridized carbons (Fsp3) is 0.286. The van der Waals surface area contributed by atoms with Crippen molar-refractivity contribution in [3.8, 4) is 0 Å². The van der Waals surface area contributed by atoms with Crippen LogP contribution < -0.4 is 5.32 Å². The van der Waals surface area contributed by atoms with E-state index in [2.05, 4.69) is 5.32 Å². The fourth-order valence-electron chi connectivity index (χ4n) is 1.86. The van der Waals surface area contributed by atoms with Gasteiger partial charge in [0.05, 0.1) is 0 Å². The summed E-state index contributed by atoms with van der Waals surface area (Å²) in [6.07, 6.45) is 2.91. The van der Waals surface area contributed by atoms with Gasteiger partial charge in [-0.15, -0.1) is 0 Å². The van der Waals surface area contributed by atoms with Crippen LogP contribution in [0.5, 0.6) is 0 Å². The van der Waals surface area contributed by atoms with Crippen molar-refractivity contribution < 1.29 is 9.59 Å². The smallest absolute Gasteiger partial charge is 0.255 e. The van der Waals surface area contributed by atoms with Gasteiger partial charge in [0.1, 0.15) is 0 Å². The molecule has 0 aromatic heterocycles. The Labute approximate surface area is 106 Å². The third-order valence-corrected chi connectivity index (χ3v) is 2.87. The van der Waals surface area contributed by atoms with Crippen molar-refractivity contribution in [3.05, 3.63) is 47.8 Å². The maximum Gasteiger partial charge on any atom is 0.255 e. The zero-order valence-electron chi connectivity index (χ0n) is 10.3. The van der Waals surface area contributed by atoms with Crippen molar-refractivity contribution in [2.75, 3.05) is 6.54 Å². The van der Waals surface area contributed by atoms with Crippen LogP contribution in [0.1, 0.15) is 30.1 Å². The molecule has 2 amide bonds. The molecule has 0 bridgehead atoms. The molecular weight excluding hydrogens is 228 g/mol. The van der Waals surface area contributed by atoms with Gasteiger partial charge in [0.15, 0.2) is 0 Å². The molecule has 1 heterocycles. The van der Waals surface area contributed by atoms with Crippen LogP contribution in [0.25, 0.3) is 0 Å². The molecule has 4 heteroatoms. The molecule has 0 unspecified atom stereocenters. The molecule has 1 aromatic carbocycles. The predicted molar refractivity (Wildman–Crippen MR) is 68.6 cm³/mol. The highest BCUT2D eigenvalue weighted by atomic mass is 16.2. The second kappa shape index (κ2) is 5.49. The summed E-state index contributed by atoms with van der Waals surface area (Å²) in [6, 6.07) is 9.04. The zero-order chi connectivity index (χ0) is 13.0. The van der Waals surface area contributed by atoms with Gasteiger partial charge in [0.2, 0.25) is 5.91 Å². The van der Waals surface area contributed by atoms with E-state index in [1.54, 1.807) is 23.2 Å². The van der Waals surface area contributed by atoms with Gasteiger partial charge >= 0.3 is 0 Å². The molecule has 1 N–H and O–H groups in total. The van der Waals surface area contributed by atoms with Crippen molar-refractivity contribution in [1.29, 1.82) is 0 Å². The second-order valence-electron chi connectivity index (χ2n) is 4.17. The number of hydrogen-bond acceptors (Lipinski definition) is 2. The average molecular weight is 244 g/mol. The highest BCUT2D eigenvalue weighted by molar-refractivity contribution is 5.95. The third-order valence-electron chi connectivity index (χ3n) is 2.87. The SMILES string of the molecule is CCC(=O)N1C=C(NC(=O)c2ccccc2)CC1. The highest BCUT2D eigenvalue weighted by Crippen LogP contribution is 2.13. The number of hydrogen-bond donors (Lipinski definition) is 1. The van der Waals surface area contributed by atoms with Crippen LogP contribution in [-0.4, -0.2) is 23.3 Å². The van der Waals surface area contributed by atoms with Gasteiger partial charge in [0, 0.05) is 36.8 Å². The van der Waals surface area contributed by atoms with E-state index < -0.39 is 0 Å². The number of carbonyl (C=O) groups excluding carboxylic acids is 2. The molecule has 0 spiro atoms. The molecule has 0 saturated heterocycles. The molecule has 0 atom stereocenters. The summed E-state index contributed by atoms with van der Waals surface area (Å²) in [5.74, 6) is -0.0494. The first kappa shape index (κ1) is 12.4. The summed E-state index contributed by atoms with van der Waals surface area (Å²) in [6.45, 7) is 2.48. The van der Waals surface area contributed by atoms with Crippen molar-refractivity contribution in [3.63, 3.8) is 0 Å². The number of nitrogens with zero attached hydrogens (tertiary/aromatic N) is 1. The summed E-state index contributed by atoms with van der Waals surface area (Å²) in [5.41, 5.74) is 1.42. The van der Waals surface area contributed by atoms with Crippen LogP contribution in [0, 0.1) is 0 Å². The van der Waals surface area contributed by atoms with E-state index in [9.17, 15) is 9.59 Å². The number of nitrogens with one attached hydrogen (secondary N) is 1. The van der Waals surface area contributed by atoms with Gasteiger partial charge in [-0.1, -0.05) is 25.1 Å². The zero-order valence-corrected chi connectivity index (χ0v) is 10.3. The normalized spacial score (nSPS) is 14.3. The van der Waals surface area contributed by atoms with Crippen molar-refractivity contribution in [1.82, 2.24) is 10.2 Å². The quantitative estimate of drug-likeness (QED) is 0.882. The summed E-state index contributed by atoms with van der Waals surface area (Å²) in [4.78, 5) is 25.0. The van der Waals surface area contributed by atoms with E-state index in [1.807, 2.05) is 25.1 Å². The molecule has 0 aliphatic carbocycles. The molecule has 2 rings (SSSR count). The second-order valence-corrected chi connectivity index (χ2v) is 4.17. The lowest BCUT2D eigenvalue weighted by Crippen LogP contribution is -2.22. The third kappa shape index (κ3) is 2.77. The minimum atomic E-state index is -0.132. The lowest BCUT2D eigenvalue weighted by atomic mass is 10.2. The Hall–Kier alpha value is -2.10. The summed E-state index contributed by atoms with van der Waals surface area (Å²) >= 11 is 0. The van der Waals surface area contributed by atoms with Crippen LogP contribution in [0.2, 0.25) is 0 Å². The molecular formula is C14H16N2O2. The fourth-order valence-corrected chi connectivity index (χ4v) is 1.86. The van der Waals surface area contributed by atoms with Crippen molar-refractivity contribution >= 4 is 11.8 Å². The van der Waals surface area contributed by atoms with Gasteiger partial charge in [-0.05, 0) is 12.1 Å². The van der Waals surface area contributed by atoms with Gasteiger partial charge in [-0.3, -0.25) is 9.59 Å². The molecule has 0 fully saturated rings. The molecule has 1 aromatic rings. The number of benzene rings is 1. The van der Waals surface area contributed by atoms with Crippen LogP contribution in [0.4, 0.5) is 0 Å². The summed E-state index contributed by atoms with van der Waals surface area (Å²) in [5, 5.41) is 2.83. The number of rotatable bonds is 3. The van der Waals surface area contributed by atoms with Crippen molar-refractivity contribution in [2.24, 2.45) is 0 Å². The van der Waals surface area contributed by atoms with Crippen LogP contribution >= 0.6 is 0 Å². The van der Waals surface area contributed by atoms with Gasteiger partial charge in [0.25, 0.3) is 5.91 Å². The maximum absolute atomic E-state index is 11.9. The Kier molecular flexibility index (Phi) is 3.77.